The maximum absolute atomic E-state index is 13.2. The second-order valence-electron chi connectivity index (χ2n) is 6.64. The highest BCUT2D eigenvalue weighted by Crippen LogP contribution is 2.25. The van der Waals surface area contributed by atoms with Gasteiger partial charge in [-0.25, -0.2) is 4.39 Å². The molecule has 1 fully saturated rings. The summed E-state index contributed by atoms with van der Waals surface area (Å²) >= 11 is 1.51. The highest BCUT2D eigenvalue weighted by molar-refractivity contribution is 7.99. The first-order valence-corrected chi connectivity index (χ1v) is 10.3. The fourth-order valence-corrected chi connectivity index (χ4v) is 4.30. The molecule has 9 heteroatoms. The number of benzene rings is 1. The average molecular weight is 421 g/mol. The Hall–Kier alpha value is -3.51. The third kappa shape index (κ3) is 3.95. The van der Waals surface area contributed by atoms with Gasteiger partial charge in [0.25, 0.3) is 5.91 Å². The maximum Gasteiger partial charge on any atom is 0.252 e. The number of halogens is 1. The quantitative estimate of drug-likeness (QED) is 0.695. The zero-order chi connectivity index (χ0) is 21.1. The molecule has 1 N–H and O–H groups in total. The number of amides is 2. The van der Waals surface area contributed by atoms with Gasteiger partial charge in [-0.15, -0.1) is 11.8 Å². The molecular formula is C21H16FN5O2S. The molecule has 2 amide bonds. The minimum atomic E-state index is -0.466. The van der Waals surface area contributed by atoms with Crippen molar-refractivity contribution in [2.24, 2.45) is 0 Å². The van der Waals surface area contributed by atoms with E-state index in [0.29, 0.717) is 39.4 Å². The van der Waals surface area contributed by atoms with E-state index in [-0.39, 0.29) is 12.5 Å². The topological polar surface area (TPSA) is 99.0 Å². The van der Waals surface area contributed by atoms with Gasteiger partial charge >= 0.3 is 0 Å². The summed E-state index contributed by atoms with van der Waals surface area (Å²) in [7, 11) is 0. The Bertz CT molecular complexity index is 1160. The van der Waals surface area contributed by atoms with Crippen LogP contribution in [0.4, 0.5) is 4.39 Å². The minimum Gasteiger partial charge on any atom is -0.343 e. The SMILES string of the molecule is N#CC1CSCN1C(=O)CNC(=O)c1ccnc2ccc(-c3ccc(F)cn3)cc12. The molecule has 1 aliphatic rings. The highest BCUT2D eigenvalue weighted by Gasteiger charge is 2.29. The van der Waals surface area contributed by atoms with Gasteiger partial charge in [0.1, 0.15) is 11.9 Å². The van der Waals surface area contributed by atoms with Crippen LogP contribution in [0.5, 0.6) is 0 Å². The van der Waals surface area contributed by atoms with Gasteiger partial charge in [-0.2, -0.15) is 5.26 Å². The molecule has 1 aliphatic heterocycles. The molecule has 1 unspecified atom stereocenters. The summed E-state index contributed by atoms with van der Waals surface area (Å²) in [6.45, 7) is -0.194. The van der Waals surface area contributed by atoms with Crippen molar-refractivity contribution in [3.05, 3.63) is 60.2 Å². The van der Waals surface area contributed by atoms with Crippen molar-refractivity contribution in [3.8, 4) is 17.3 Å². The molecule has 7 nitrogen and oxygen atoms in total. The number of carbonyl (C=O) groups is 2. The zero-order valence-corrected chi connectivity index (χ0v) is 16.5. The Balaban J connectivity index is 1.56. The molecule has 0 bridgehead atoms. The lowest BCUT2D eigenvalue weighted by atomic mass is 10.0. The van der Waals surface area contributed by atoms with Crippen molar-refractivity contribution in [3.63, 3.8) is 0 Å². The first-order chi connectivity index (χ1) is 14.6. The number of nitriles is 1. The summed E-state index contributed by atoms with van der Waals surface area (Å²) in [4.78, 5) is 35.0. The molecule has 3 aromatic rings. The van der Waals surface area contributed by atoms with Crippen molar-refractivity contribution in [1.82, 2.24) is 20.2 Å². The Morgan fingerprint density at radius 1 is 1.27 bits per heavy atom. The fourth-order valence-electron chi connectivity index (χ4n) is 3.20. The largest absolute Gasteiger partial charge is 0.343 e. The molecule has 1 saturated heterocycles. The number of hydrogen-bond acceptors (Lipinski definition) is 6. The molecule has 1 aromatic carbocycles. The second-order valence-corrected chi connectivity index (χ2v) is 7.64. The Kier molecular flexibility index (Phi) is 5.59. The molecule has 2 aromatic heterocycles. The van der Waals surface area contributed by atoms with E-state index in [2.05, 4.69) is 21.4 Å². The number of nitrogens with one attached hydrogen (secondary N) is 1. The highest BCUT2D eigenvalue weighted by atomic mass is 32.2. The van der Waals surface area contributed by atoms with Crippen molar-refractivity contribution in [2.45, 2.75) is 6.04 Å². The predicted molar refractivity (Wildman–Crippen MR) is 111 cm³/mol. The summed E-state index contributed by atoms with van der Waals surface area (Å²) in [6, 6.07) is 11.4. The number of hydrogen-bond donors (Lipinski definition) is 1. The smallest absolute Gasteiger partial charge is 0.252 e. The normalized spacial score (nSPS) is 15.7. The summed E-state index contributed by atoms with van der Waals surface area (Å²) in [5.74, 6) is -0.124. The average Bonchev–Trinajstić information content (AvgIpc) is 3.26. The maximum atomic E-state index is 13.2. The van der Waals surface area contributed by atoms with Crippen molar-refractivity contribution < 1.29 is 14.0 Å². The van der Waals surface area contributed by atoms with E-state index < -0.39 is 17.8 Å². The zero-order valence-electron chi connectivity index (χ0n) is 15.7. The van der Waals surface area contributed by atoms with Crippen molar-refractivity contribution in [1.29, 1.82) is 5.26 Å². The third-order valence-electron chi connectivity index (χ3n) is 4.76. The van der Waals surface area contributed by atoms with E-state index in [0.717, 1.165) is 6.20 Å². The Morgan fingerprint density at radius 2 is 2.13 bits per heavy atom. The van der Waals surface area contributed by atoms with Gasteiger partial charge in [-0.05, 0) is 30.3 Å². The molecule has 150 valence electrons. The lowest BCUT2D eigenvalue weighted by molar-refractivity contribution is -0.129. The predicted octanol–water partition coefficient (Wildman–Crippen LogP) is 2.59. The molecule has 1 atom stereocenters. The lowest BCUT2D eigenvalue weighted by Gasteiger charge is -2.18. The van der Waals surface area contributed by atoms with Gasteiger partial charge in [-0.1, -0.05) is 6.07 Å². The van der Waals surface area contributed by atoms with E-state index in [9.17, 15) is 14.0 Å². The number of rotatable bonds is 4. The Morgan fingerprint density at radius 3 is 2.90 bits per heavy atom. The molecule has 0 spiro atoms. The number of carbonyl (C=O) groups excluding carboxylic acids is 2. The van der Waals surface area contributed by atoms with E-state index in [1.807, 2.05) is 0 Å². The molecule has 30 heavy (non-hydrogen) atoms. The van der Waals surface area contributed by atoms with Crippen LogP contribution in [0.1, 0.15) is 10.4 Å². The summed E-state index contributed by atoms with van der Waals surface area (Å²) in [5, 5.41) is 12.3. The van der Waals surface area contributed by atoms with Crippen LogP contribution >= 0.6 is 11.8 Å². The number of aromatic nitrogens is 2. The number of fused-ring (bicyclic) bond motifs is 1. The number of pyridine rings is 2. The summed E-state index contributed by atoms with van der Waals surface area (Å²) in [6.07, 6.45) is 2.66. The van der Waals surface area contributed by atoms with E-state index in [1.165, 1.54) is 28.9 Å². The summed E-state index contributed by atoms with van der Waals surface area (Å²) < 4.78 is 13.2. The molecule has 0 aliphatic carbocycles. The lowest BCUT2D eigenvalue weighted by Crippen LogP contribution is -2.42. The van der Waals surface area contributed by atoms with Crippen LogP contribution in [0.3, 0.4) is 0 Å². The van der Waals surface area contributed by atoms with Gasteiger partial charge in [-0.3, -0.25) is 19.6 Å². The van der Waals surface area contributed by atoms with E-state index in [4.69, 9.17) is 5.26 Å². The minimum absolute atomic E-state index is 0.194. The van der Waals surface area contributed by atoms with Crippen LogP contribution in [-0.4, -0.2) is 50.9 Å². The van der Waals surface area contributed by atoms with Crippen molar-refractivity contribution >= 4 is 34.5 Å². The van der Waals surface area contributed by atoms with Crippen LogP contribution in [0.25, 0.3) is 22.2 Å². The van der Waals surface area contributed by atoms with Crippen LogP contribution in [0, 0.1) is 17.1 Å². The number of thioether (sulfide) groups is 1. The van der Waals surface area contributed by atoms with Crippen LogP contribution in [0.15, 0.2) is 48.8 Å². The second kappa shape index (κ2) is 8.47. The van der Waals surface area contributed by atoms with E-state index >= 15 is 0 Å². The number of nitrogens with zero attached hydrogens (tertiary/aromatic N) is 4. The molecule has 0 radical (unpaired) electrons. The summed E-state index contributed by atoms with van der Waals surface area (Å²) in [5.41, 5.74) is 2.26. The van der Waals surface area contributed by atoms with Crippen molar-refractivity contribution in [2.75, 3.05) is 18.2 Å². The monoisotopic (exact) mass is 421 g/mol. The standard InChI is InChI=1S/C21H16FN5O2S/c22-14-2-4-18(25-9-14)13-1-3-19-17(7-13)16(5-6-24-19)21(29)26-10-20(28)27-12-30-11-15(27)8-23/h1-7,9,15H,10-12H2,(H,26,29). The third-order valence-corrected chi connectivity index (χ3v) is 5.77. The van der Waals surface area contributed by atoms with E-state index in [1.54, 1.807) is 30.3 Å². The molecular weight excluding hydrogens is 405 g/mol. The van der Waals surface area contributed by atoms with Crippen LogP contribution < -0.4 is 5.32 Å². The van der Waals surface area contributed by atoms with Gasteiger partial charge in [0.2, 0.25) is 5.91 Å². The van der Waals surface area contributed by atoms with Crippen LogP contribution in [0.2, 0.25) is 0 Å². The molecule has 0 saturated carbocycles. The van der Waals surface area contributed by atoms with Crippen LogP contribution in [-0.2, 0) is 4.79 Å². The van der Waals surface area contributed by atoms with Gasteiger partial charge in [0.15, 0.2) is 0 Å². The first-order valence-electron chi connectivity index (χ1n) is 9.12. The first kappa shape index (κ1) is 19.8. The van der Waals surface area contributed by atoms with Gasteiger partial charge in [0.05, 0.1) is 41.5 Å². The van der Waals surface area contributed by atoms with Gasteiger partial charge < -0.3 is 10.2 Å². The molecule has 3 heterocycles. The molecule has 4 rings (SSSR count). The Labute approximate surface area is 175 Å². The fraction of sp³-hybridized carbons (Fsp3) is 0.190. The van der Waals surface area contributed by atoms with Gasteiger partial charge in [0, 0.05) is 22.9 Å².